The van der Waals surface area contributed by atoms with Crippen LogP contribution in [0.4, 0.5) is 4.39 Å². The maximum Gasteiger partial charge on any atom is 0.262 e. The van der Waals surface area contributed by atoms with Crippen LogP contribution in [-0.4, -0.2) is 46.9 Å². The van der Waals surface area contributed by atoms with E-state index < -0.39 is 35.5 Å². The lowest BCUT2D eigenvalue weighted by atomic mass is 10.0. The van der Waals surface area contributed by atoms with Crippen molar-refractivity contribution in [2.75, 3.05) is 12.3 Å². The fourth-order valence-electron chi connectivity index (χ4n) is 2.75. The maximum absolute atomic E-state index is 14.1. The monoisotopic (exact) mass is 351 g/mol. The third kappa shape index (κ3) is 2.69. The molecule has 1 aromatic rings. The number of piperidine rings is 1. The van der Waals surface area contributed by atoms with E-state index in [0.717, 1.165) is 22.7 Å². The highest BCUT2D eigenvalue weighted by Gasteiger charge is 2.45. The molecule has 0 aromatic heterocycles. The molecule has 1 aromatic carbocycles. The van der Waals surface area contributed by atoms with Gasteiger partial charge in [0.05, 0.1) is 11.1 Å². The van der Waals surface area contributed by atoms with Crippen molar-refractivity contribution in [3.8, 4) is 0 Å². The Kier molecular flexibility index (Phi) is 4.37. The van der Waals surface area contributed by atoms with E-state index in [0.29, 0.717) is 12.3 Å². The summed E-state index contributed by atoms with van der Waals surface area (Å²) >= 11 is 1.15. The molecule has 2 aliphatic heterocycles. The molecular formula is C15H14FN3O4S. The lowest BCUT2D eigenvalue weighted by molar-refractivity contribution is -0.136. The third-order valence-electron chi connectivity index (χ3n) is 3.87. The lowest BCUT2D eigenvalue weighted by Gasteiger charge is -2.27. The van der Waals surface area contributed by atoms with E-state index >= 15 is 0 Å². The molecule has 1 atom stereocenters. The van der Waals surface area contributed by atoms with E-state index in [4.69, 9.17) is 5.73 Å². The Hall–Kier alpha value is -2.26. The first-order valence-electron chi connectivity index (χ1n) is 7.32. The number of rotatable bonds is 4. The number of fused-ring (bicyclic) bond motifs is 1. The fraction of sp³-hybridized carbons (Fsp3) is 0.333. The Bertz CT molecular complexity index is 767. The summed E-state index contributed by atoms with van der Waals surface area (Å²) < 4.78 is 14.1. The number of imide groups is 2. The van der Waals surface area contributed by atoms with Gasteiger partial charge in [0.2, 0.25) is 11.8 Å². The highest BCUT2D eigenvalue weighted by Crippen LogP contribution is 2.32. The summed E-state index contributed by atoms with van der Waals surface area (Å²) in [5.74, 6) is -2.66. The van der Waals surface area contributed by atoms with Crippen molar-refractivity contribution < 1.29 is 23.6 Å². The summed E-state index contributed by atoms with van der Waals surface area (Å²) in [5.41, 5.74) is 5.38. The molecule has 2 heterocycles. The molecule has 1 saturated heterocycles. The lowest BCUT2D eigenvalue weighted by Crippen LogP contribution is -2.54. The van der Waals surface area contributed by atoms with E-state index in [1.54, 1.807) is 0 Å². The van der Waals surface area contributed by atoms with Crippen LogP contribution in [0.3, 0.4) is 0 Å². The standard InChI is InChI=1S/C15H14FN3O4S/c16-9-5-7-8(6-11(9)24-4-3-17)15(23)19(14(7)22)10-1-2-12(20)18-13(10)21/h5-6,10H,1-4,17H2,(H,18,20,21). The van der Waals surface area contributed by atoms with E-state index in [1.165, 1.54) is 6.07 Å². The number of carbonyl (C=O) groups excluding carboxylic acids is 4. The van der Waals surface area contributed by atoms with E-state index in [-0.39, 0.29) is 28.9 Å². The van der Waals surface area contributed by atoms with E-state index in [9.17, 15) is 23.6 Å². The zero-order valence-corrected chi connectivity index (χ0v) is 13.3. The molecule has 0 saturated carbocycles. The summed E-state index contributed by atoms with van der Waals surface area (Å²) in [5, 5.41) is 2.11. The van der Waals surface area contributed by atoms with Gasteiger partial charge in [-0.05, 0) is 18.6 Å². The second-order valence-electron chi connectivity index (χ2n) is 5.41. The predicted octanol–water partition coefficient (Wildman–Crippen LogP) is 0.278. The van der Waals surface area contributed by atoms with Gasteiger partial charge in [-0.25, -0.2) is 4.39 Å². The number of thioether (sulfide) groups is 1. The number of nitrogens with one attached hydrogen (secondary N) is 1. The first kappa shape index (κ1) is 16.6. The molecule has 4 amide bonds. The second-order valence-corrected chi connectivity index (χ2v) is 6.55. The number of carbonyl (C=O) groups is 4. The molecule has 0 bridgehead atoms. The number of halogens is 1. The van der Waals surface area contributed by atoms with Crippen LogP contribution < -0.4 is 11.1 Å². The van der Waals surface area contributed by atoms with Gasteiger partial charge in [-0.3, -0.25) is 29.4 Å². The van der Waals surface area contributed by atoms with Crippen molar-refractivity contribution in [1.82, 2.24) is 10.2 Å². The Morgan fingerprint density at radius 1 is 1.21 bits per heavy atom. The summed E-state index contributed by atoms with van der Waals surface area (Å²) in [4.78, 5) is 49.2. The van der Waals surface area contributed by atoms with Gasteiger partial charge in [0, 0.05) is 23.6 Å². The van der Waals surface area contributed by atoms with Crippen molar-refractivity contribution >= 4 is 35.4 Å². The predicted molar refractivity (Wildman–Crippen MR) is 82.9 cm³/mol. The smallest absolute Gasteiger partial charge is 0.262 e. The van der Waals surface area contributed by atoms with Crippen molar-refractivity contribution in [2.45, 2.75) is 23.8 Å². The van der Waals surface area contributed by atoms with Gasteiger partial charge in [0.25, 0.3) is 11.8 Å². The van der Waals surface area contributed by atoms with Crippen LogP contribution in [0.5, 0.6) is 0 Å². The molecule has 1 fully saturated rings. The van der Waals surface area contributed by atoms with Crippen LogP contribution in [0.15, 0.2) is 17.0 Å². The van der Waals surface area contributed by atoms with Gasteiger partial charge in [0.15, 0.2) is 0 Å². The number of hydrogen-bond acceptors (Lipinski definition) is 6. The summed E-state index contributed by atoms with van der Waals surface area (Å²) in [7, 11) is 0. The van der Waals surface area contributed by atoms with Gasteiger partial charge < -0.3 is 5.73 Å². The Morgan fingerprint density at radius 3 is 2.50 bits per heavy atom. The Morgan fingerprint density at radius 2 is 1.88 bits per heavy atom. The summed E-state index contributed by atoms with van der Waals surface area (Å²) in [6.45, 7) is 0.344. The van der Waals surface area contributed by atoms with Gasteiger partial charge >= 0.3 is 0 Å². The topological polar surface area (TPSA) is 110 Å². The minimum absolute atomic E-state index is 0.0375. The molecule has 7 nitrogen and oxygen atoms in total. The molecule has 0 spiro atoms. The molecule has 3 N–H and O–H groups in total. The van der Waals surface area contributed by atoms with Gasteiger partial charge in [-0.15, -0.1) is 11.8 Å². The van der Waals surface area contributed by atoms with Crippen molar-refractivity contribution in [3.63, 3.8) is 0 Å². The first-order chi connectivity index (χ1) is 11.4. The Labute approximate surface area is 140 Å². The molecular weight excluding hydrogens is 337 g/mol. The number of hydrogen-bond donors (Lipinski definition) is 2. The van der Waals surface area contributed by atoms with E-state index in [1.807, 2.05) is 0 Å². The first-order valence-corrected chi connectivity index (χ1v) is 8.30. The zero-order valence-electron chi connectivity index (χ0n) is 12.5. The number of benzene rings is 1. The minimum Gasteiger partial charge on any atom is -0.330 e. The van der Waals surface area contributed by atoms with Gasteiger partial charge in [-0.1, -0.05) is 0 Å². The van der Waals surface area contributed by atoms with Crippen LogP contribution >= 0.6 is 11.8 Å². The fourth-order valence-corrected chi connectivity index (χ4v) is 3.49. The van der Waals surface area contributed by atoms with Gasteiger partial charge in [-0.2, -0.15) is 0 Å². The van der Waals surface area contributed by atoms with Crippen LogP contribution in [-0.2, 0) is 9.59 Å². The largest absolute Gasteiger partial charge is 0.330 e. The van der Waals surface area contributed by atoms with E-state index in [2.05, 4.69) is 5.32 Å². The van der Waals surface area contributed by atoms with Crippen molar-refractivity contribution in [2.24, 2.45) is 5.73 Å². The highest BCUT2D eigenvalue weighted by molar-refractivity contribution is 7.99. The highest BCUT2D eigenvalue weighted by atomic mass is 32.2. The summed E-state index contributed by atoms with van der Waals surface area (Å²) in [6, 6.07) is 1.27. The summed E-state index contributed by atoms with van der Waals surface area (Å²) in [6.07, 6.45) is 0.100. The second kappa shape index (κ2) is 6.33. The molecule has 1 unspecified atom stereocenters. The number of nitrogens with two attached hydrogens (primary N) is 1. The number of amides is 4. The Balaban J connectivity index is 1.93. The molecule has 24 heavy (non-hydrogen) atoms. The molecule has 9 heteroatoms. The molecule has 2 aliphatic rings. The van der Waals surface area contributed by atoms with Crippen molar-refractivity contribution in [1.29, 1.82) is 0 Å². The SMILES string of the molecule is NCCSc1cc2c(cc1F)C(=O)N(C1CCC(=O)NC1=O)C2=O. The maximum atomic E-state index is 14.1. The third-order valence-corrected chi connectivity index (χ3v) is 4.93. The van der Waals surface area contributed by atoms with Gasteiger partial charge in [0.1, 0.15) is 11.9 Å². The molecule has 3 rings (SSSR count). The number of nitrogens with zero attached hydrogens (tertiary/aromatic N) is 1. The average Bonchev–Trinajstić information content (AvgIpc) is 2.77. The molecule has 126 valence electrons. The van der Waals surface area contributed by atoms with Crippen molar-refractivity contribution in [3.05, 3.63) is 29.1 Å². The normalized spacial score (nSPS) is 20.4. The quantitative estimate of drug-likeness (QED) is 0.596. The van der Waals surface area contributed by atoms with Crippen LogP contribution in [0.25, 0.3) is 0 Å². The zero-order chi connectivity index (χ0) is 17.4. The minimum atomic E-state index is -1.06. The molecule has 0 aliphatic carbocycles. The average molecular weight is 351 g/mol. The van der Waals surface area contributed by atoms with Crippen LogP contribution in [0.2, 0.25) is 0 Å². The van der Waals surface area contributed by atoms with Crippen LogP contribution in [0.1, 0.15) is 33.6 Å². The molecule has 0 radical (unpaired) electrons. The van der Waals surface area contributed by atoms with Crippen LogP contribution in [0, 0.1) is 5.82 Å².